The molecule has 0 unspecified atom stereocenters. The molecule has 0 aliphatic rings. The van der Waals surface area contributed by atoms with Crippen molar-refractivity contribution in [3.05, 3.63) is 59.2 Å². The Morgan fingerprint density at radius 1 is 1.14 bits per heavy atom. The van der Waals surface area contributed by atoms with Gasteiger partial charge in [0.2, 0.25) is 15.9 Å². The van der Waals surface area contributed by atoms with Crippen LogP contribution in [-0.2, 0) is 21.4 Å². The van der Waals surface area contributed by atoms with E-state index >= 15 is 0 Å². The molecular weight excluding hydrogens is 376 g/mol. The van der Waals surface area contributed by atoms with Gasteiger partial charge in [0.15, 0.2) is 0 Å². The molecule has 2 aromatic carbocycles. The summed E-state index contributed by atoms with van der Waals surface area (Å²) in [5, 5.41) is 2.86. The first-order valence-corrected chi connectivity index (χ1v) is 11.0. The Labute approximate surface area is 167 Å². The largest absolute Gasteiger partial charge is 0.497 e. The molecule has 0 fully saturated rings. The summed E-state index contributed by atoms with van der Waals surface area (Å²) < 4.78 is 31.5. The third-order valence-corrected chi connectivity index (χ3v) is 5.72. The average Bonchev–Trinajstić information content (AvgIpc) is 2.65. The number of anilines is 1. The molecular formula is C21H28N2O4S. The summed E-state index contributed by atoms with van der Waals surface area (Å²) in [6.45, 7) is 5.85. The predicted molar refractivity (Wildman–Crippen MR) is 112 cm³/mol. The number of methoxy groups -OCH3 is 1. The Morgan fingerprint density at radius 2 is 1.79 bits per heavy atom. The first-order chi connectivity index (χ1) is 13.2. The fourth-order valence-corrected chi connectivity index (χ4v) is 4.30. The Kier molecular flexibility index (Phi) is 7.07. The number of ether oxygens (including phenoxy) is 1. The summed E-state index contributed by atoms with van der Waals surface area (Å²) in [7, 11) is -2.06. The lowest BCUT2D eigenvalue weighted by atomic mass is 10.1. The Hall–Kier alpha value is -2.54. The highest BCUT2D eigenvalue weighted by atomic mass is 32.2. The number of nitrogens with one attached hydrogen (secondary N) is 1. The third-order valence-electron chi connectivity index (χ3n) is 4.56. The van der Waals surface area contributed by atoms with Crippen molar-refractivity contribution in [3.63, 3.8) is 0 Å². The van der Waals surface area contributed by atoms with Crippen LogP contribution in [0.2, 0.25) is 0 Å². The normalized spacial score (nSPS) is 12.3. The van der Waals surface area contributed by atoms with E-state index in [1.54, 1.807) is 20.1 Å². The van der Waals surface area contributed by atoms with E-state index in [0.717, 1.165) is 28.7 Å². The van der Waals surface area contributed by atoms with E-state index in [4.69, 9.17) is 4.74 Å². The molecule has 0 aliphatic carbocycles. The second-order valence-corrected chi connectivity index (χ2v) is 8.70. The summed E-state index contributed by atoms with van der Waals surface area (Å²) in [6, 6.07) is 12.1. The van der Waals surface area contributed by atoms with Gasteiger partial charge in [-0.2, -0.15) is 0 Å². The van der Waals surface area contributed by atoms with Crippen molar-refractivity contribution >= 4 is 21.6 Å². The van der Waals surface area contributed by atoms with Gasteiger partial charge in [-0.15, -0.1) is 0 Å². The maximum Gasteiger partial charge on any atom is 0.244 e. The van der Waals surface area contributed by atoms with Crippen molar-refractivity contribution in [1.82, 2.24) is 5.32 Å². The van der Waals surface area contributed by atoms with Crippen LogP contribution in [0.1, 0.15) is 30.0 Å². The van der Waals surface area contributed by atoms with Gasteiger partial charge in [0.05, 0.1) is 19.1 Å². The number of nitrogens with zero attached hydrogens (tertiary/aromatic N) is 1. The van der Waals surface area contributed by atoms with Gasteiger partial charge in [0.25, 0.3) is 0 Å². The van der Waals surface area contributed by atoms with Crippen LogP contribution in [0, 0.1) is 13.8 Å². The summed E-state index contributed by atoms with van der Waals surface area (Å²) in [4.78, 5) is 12.9. The first kappa shape index (κ1) is 21.8. The van der Waals surface area contributed by atoms with Gasteiger partial charge in [-0.25, -0.2) is 8.42 Å². The highest BCUT2D eigenvalue weighted by Gasteiger charge is 2.32. The van der Waals surface area contributed by atoms with Crippen molar-refractivity contribution in [2.24, 2.45) is 0 Å². The molecule has 0 spiro atoms. The highest BCUT2D eigenvalue weighted by molar-refractivity contribution is 7.92. The van der Waals surface area contributed by atoms with Crippen LogP contribution in [-0.4, -0.2) is 33.7 Å². The van der Waals surface area contributed by atoms with Gasteiger partial charge in [0.1, 0.15) is 11.8 Å². The number of rotatable bonds is 8. The molecule has 1 N–H and O–H groups in total. The van der Waals surface area contributed by atoms with Crippen LogP contribution < -0.4 is 14.4 Å². The van der Waals surface area contributed by atoms with Crippen LogP contribution in [0.5, 0.6) is 5.75 Å². The molecule has 0 saturated heterocycles. The lowest BCUT2D eigenvalue weighted by Crippen LogP contribution is -2.49. The average molecular weight is 405 g/mol. The number of carbonyl (C=O) groups excluding carboxylic acids is 1. The fourth-order valence-electron chi connectivity index (χ4n) is 3.04. The first-order valence-electron chi connectivity index (χ1n) is 9.14. The molecule has 0 bridgehead atoms. The van der Waals surface area contributed by atoms with Crippen LogP contribution in [0.4, 0.5) is 5.69 Å². The zero-order chi connectivity index (χ0) is 20.9. The van der Waals surface area contributed by atoms with E-state index in [1.807, 2.05) is 50.2 Å². The molecule has 0 aromatic heterocycles. The fraction of sp³-hybridized carbons (Fsp3) is 0.381. The van der Waals surface area contributed by atoms with E-state index < -0.39 is 16.1 Å². The molecule has 0 saturated carbocycles. The van der Waals surface area contributed by atoms with Crippen molar-refractivity contribution in [2.75, 3.05) is 17.7 Å². The second kappa shape index (κ2) is 9.10. The smallest absolute Gasteiger partial charge is 0.244 e. The summed E-state index contributed by atoms with van der Waals surface area (Å²) in [6.07, 6.45) is 1.49. The van der Waals surface area contributed by atoms with Gasteiger partial charge in [-0.05, 0) is 55.2 Å². The zero-order valence-corrected chi connectivity index (χ0v) is 17.8. The van der Waals surface area contributed by atoms with Crippen LogP contribution in [0.25, 0.3) is 0 Å². The second-order valence-electron chi connectivity index (χ2n) is 6.84. The SMILES string of the molecule is CC[C@H](C(=O)NCc1ccc(OC)cc1)N(c1cc(C)ccc1C)S(C)(=O)=O. The Morgan fingerprint density at radius 3 is 2.32 bits per heavy atom. The monoisotopic (exact) mass is 404 g/mol. The number of hydrogen-bond donors (Lipinski definition) is 1. The van der Waals surface area contributed by atoms with Crippen molar-refractivity contribution < 1.29 is 17.9 Å². The Balaban J connectivity index is 2.27. The minimum absolute atomic E-state index is 0.309. The van der Waals surface area contributed by atoms with Gasteiger partial charge in [0, 0.05) is 6.54 Å². The molecule has 2 aromatic rings. The third kappa shape index (κ3) is 5.25. The van der Waals surface area contributed by atoms with Gasteiger partial charge in [-0.3, -0.25) is 9.10 Å². The lowest BCUT2D eigenvalue weighted by molar-refractivity contribution is -0.122. The molecule has 0 radical (unpaired) electrons. The standard InChI is InChI=1S/C21H28N2O4S/c1-6-19(21(24)22-14-17-9-11-18(27-4)12-10-17)23(28(5,25)26)20-13-15(2)7-8-16(20)3/h7-13,19H,6,14H2,1-5H3,(H,22,24)/t19-/m1/s1. The van der Waals surface area contributed by atoms with Crippen molar-refractivity contribution in [1.29, 1.82) is 0 Å². The highest BCUT2D eigenvalue weighted by Crippen LogP contribution is 2.27. The number of amides is 1. The maximum absolute atomic E-state index is 12.9. The van der Waals surface area contributed by atoms with Crippen LogP contribution in [0.15, 0.2) is 42.5 Å². The summed E-state index contributed by atoms with van der Waals surface area (Å²) in [5.74, 6) is 0.407. The molecule has 1 atom stereocenters. The number of sulfonamides is 1. The maximum atomic E-state index is 12.9. The molecule has 28 heavy (non-hydrogen) atoms. The number of hydrogen-bond acceptors (Lipinski definition) is 4. The Bertz CT molecular complexity index is 924. The number of benzene rings is 2. The molecule has 1 amide bonds. The van der Waals surface area contributed by atoms with Crippen molar-refractivity contribution in [2.45, 2.75) is 39.8 Å². The molecule has 0 heterocycles. The van der Waals surface area contributed by atoms with E-state index in [0.29, 0.717) is 18.7 Å². The van der Waals surface area contributed by atoms with E-state index in [1.165, 1.54) is 4.31 Å². The zero-order valence-electron chi connectivity index (χ0n) is 17.0. The summed E-state index contributed by atoms with van der Waals surface area (Å²) >= 11 is 0. The van der Waals surface area contributed by atoms with Crippen molar-refractivity contribution in [3.8, 4) is 5.75 Å². The van der Waals surface area contributed by atoms with Gasteiger partial charge < -0.3 is 10.1 Å². The van der Waals surface area contributed by atoms with E-state index in [9.17, 15) is 13.2 Å². The minimum Gasteiger partial charge on any atom is -0.497 e. The molecule has 0 aliphatic heterocycles. The van der Waals surface area contributed by atoms with Gasteiger partial charge >= 0.3 is 0 Å². The van der Waals surface area contributed by atoms with Crippen LogP contribution in [0.3, 0.4) is 0 Å². The topological polar surface area (TPSA) is 75.7 Å². The molecule has 7 heteroatoms. The molecule has 152 valence electrons. The summed E-state index contributed by atoms with van der Waals surface area (Å²) in [5.41, 5.74) is 3.18. The van der Waals surface area contributed by atoms with E-state index in [2.05, 4.69) is 5.32 Å². The molecule has 6 nitrogen and oxygen atoms in total. The number of aryl methyl sites for hydroxylation is 2. The number of carbonyl (C=O) groups is 1. The quantitative estimate of drug-likeness (QED) is 0.733. The minimum atomic E-state index is -3.65. The van der Waals surface area contributed by atoms with Gasteiger partial charge in [-0.1, -0.05) is 31.2 Å². The lowest BCUT2D eigenvalue weighted by Gasteiger charge is -2.31. The predicted octanol–water partition coefficient (Wildman–Crippen LogP) is 3.17. The van der Waals surface area contributed by atoms with Crippen LogP contribution >= 0.6 is 0 Å². The van der Waals surface area contributed by atoms with E-state index in [-0.39, 0.29) is 5.91 Å². The molecule has 2 rings (SSSR count).